The molecule has 0 spiro atoms. The topological polar surface area (TPSA) is 72.8 Å². The Morgan fingerprint density at radius 1 is 0.957 bits per heavy atom. The first-order valence-corrected chi connectivity index (χ1v) is 7.89. The van der Waals surface area contributed by atoms with Crippen molar-refractivity contribution in [3.05, 3.63) is 42.5 Å². The molecule has 0 bridgehead atoms. The summed E-state index contributed by atoms with van der Waals surface area (Å²) in [5.74, 6) is -0.603. The van der Waals surface area contributed by atoms with Crippen molar-refractivity contribution in [2.75, 3.05) is 13.2 Å². The molecular weight excluding hydrogens is 296 g/mol. The van der Waals surface area contributed by atoms with E-state index in [9.17, 15) is 9.59 Å². The molecule has 1 N–H and O–H groups in total. The molecule has 0 aliphatic heterocycles. The summed E-state index contributed by atoms with van der Waals surface area (Å²) in [5.41, 5.74) is 0.260. The fourth-order valence-electron chi connectivity index (χ4n) is 2.03. The summed E-state index contributed by atoms with van der Waals surface area (Å²) < 4.78 is 10.5. The van der Waals surface area contributed by atoms with E-state index >= 15 is 0 Å². The number of hydrogen-bond donors (Lipinski definition) is 1. The van der Waals surface area contributed by atoms with Crippen LogP contribution in [0, 0.1) is 0 Å². The lowest BCUT2D eigenvalue weighted by molar-refractivity contribution is -0.137. The number of carboxylic acids is 1. The van der Waals surface area contributed by atoms with E-state index in [1.807, 2.05) is 0 Å². The summed E-state index contributed by atoms with van der Waals surface area (Å²) in [6.45, 7) is 4.43. The van der Waals surface area contributed by atoms with E-state index in [2.05, 4.69) is 6.58 Å². The first-order valence-electron chi connectivity index (χ1n) is 7.89. The van der Waals surface area contributed by atoms with Crippen LogP contribution >= 0.6 is 0 Å². The zero-order valence-corrected chi connectivity index (χ0v) is 13.3. The van der Waals surface area contributed by atoms with Gasteiger partial charge in [0, 0.05) is 6.08 Å². The van der Waals surface area contributed by atoms with E-state index in [4.69, 9.17) is 14.6 Å². The SMILES string of the molecule is C=CC(=O)OCCCCCCCCOc1ccc(C(=O)O)cc1. The van der Waals surface area contributed by atoms with Gasteiger partial charge in [-0.05, 0) is 37.1 Å². The Hall–Kier alpha value is -2.30. The Kier molecular flexibility index (Phi) is 9.20. The van der Waals surface area contributed by atoms with Gasteiger partial charge >= 0.3 is 11.9 Å². The van der Waals surface area contributed by atoms with Crippen molar-refractivity contribution in [3.63, 3.8) is 0 Å². The summed E-state index contributed by atoms with van der Waals surface area (Å²) in [7, 11) is 0. The number of hydrogen-bond acceptors (Lipinski definition) is 4. The molecule has 0 heterocycles. The molecule has 126 valence electrons. The predicted molar refractivity (Wildman–Crippen MR) is 87.8 cm³/mol. The van der Waals surface area contributed by atoms with Gasteiger partial charge in [-0.1, -0.05) is 32.3 Å². The average molecular weight is 320 g/mol. The number of unbranched alkanes of at least 4 members (excludes halogenated alkanes) is 5. The van der Waals surface area contributed by atoms with Crippen LogP contribution in [0.5, 0.6) is 5.75 Å². The molecule has 0 aliphatic rings. The van der Waals surface area contributed by atoms with Gasteiger partial charge in [-0.15, -0.1) is 0 Å². The summed E-state index contributed by atoms with van der Waals surface area (Å²) in [6, 6.07) is 6.43. The first kappa shape index (κ1) is 18.7. The van der Waals surface area contributed by atoms with E-state index in [0.717, 1.165) is 38.5 Å². The number of ether oxygens (including phenoxy) is 2. The van der Waals surface area contributed by atoms with Crippen LogP contribution in [0.25, 0.3) is 0 Å². The molecule has 0 atom stereocenters. The van der Waals surface area contributed by atoms with Gasteiger partial charge in [0.05, 0.1) is 18.8 Å². The lowest BCUT2D eigenvalue weighted by Crippen LogP contribution is -2.01. The maximum Gasteiger partial charge on any atom is 0.335 e. The van der Waals surface area contributed by atoms with Crippen LogP contribution in [0.15, 0.2) is 36.9 Å². The molecule has 1 aromatic rings. The Bertz CT molecular complexity index is 493. The fourth-order valence-corrected chi connectivity index (χ4v) is 2.03. The summed E-state index contributed by atoms with van der Waals surface area (Å²) in [4.78, 5) is 21.5. The number of aromatic carboxylic acids is 1. The van der Waals surface area contributed by atoms with Gasteiger partial charge in [0.1, 0.15) is 5.75 Å². The zero-order chi connectivity index (χ0) is 16.9. The highest BCUT2D eigenvalue weighted by Gasteiger charge is 2.02. The Labute approximate surface area is 136 Å². The van der Waals surface area contributed by atoms with Crippen molar-refractivity contribution in [1.29, 1.82) is 0 Å². The van der Waals surface area contributed by atoms with Gasteiger partial charge in [-0.3, -0.25) is 0 Å². The van der Waals surface area contributed by atoms with E-state index in [1.165, 1.54) is 18.2 Å². The lowest BCUT2D eigenvalue weighted by atomic mass is 10.1. The van der Waals surface area contributed by atoms with E-state index in [0.29, 0.717) is 19.0 Å². The molecule has 1 aromatic carbocycles. The summed E-state index contributed by atoms with van der Waals surface area (Å²) in [5, 5.41) is 8.80. The third-order valence-corrected chi connectivity index (χ3v) is 3.32. The van der Waals surface area contributed by atoms with Gasteiger partial charge < -0.3 is 14.6 Å². The van der Waals surface area contributed by atoms with Gasteiger partial charge in [-0.25, -0.2) is 9.59 Å². The number of carbonyl (C=O) groups is 2. The average Bonchev–Trinajstić information content (AvgIpc) is 2.56. The van der Waals surface area contributed by atoms with Gasteiger partial charge in [-0.2, -0.15) is 0 Å². The van der Waals surface area contributed by atoms with Crippen LogP contribution in [-0.4, -0.2) is 30.3 Å². The quantitative estimate of drug-likeness (QED) is 0.360. The number of carboxylic acid groups (broad SMARTS) is 1. The molecule has 0 amide bonds. The molecular formula is C18H24O5. The van der Waals surface area contributed by atoms with Crippen molar-refractivity contribution < 1.29 is 24.2 Å². The smallest absolute Gasteiger partial charge is 0.335 e. The number of rotatable bonds is 12. The Balaban J connectivity index is 1.96. The second kappa shape index (κ2) is 11.3. The standard InChI is InChI=1S/C18H24O5/c1-2-17(19)23-14-8-6-4-3-5-7-13-22-16-11-9-15(10-12-16)18(20)21/h2,9-12H,1,3-8,13-14H2,(H,20,21). The third-order valence-electron chi connectivity index (χ3n) is 3.32. The van der Waals surface area contributed by atoms with Crippen molar-refractivity contribution in [3.8, 4) is 5.75 Å². The highest BCUT2D eigenvalue weighted by Crippen LogP contribution is 2.13. The second-order valence-corrected chi connectivity index (χ2v) is 5.17. The molecule has 0 saturated carbocycles. The van der Waals surface area contributed by atoms with Gasteiger partial charge in [0.25, 0.3) is 0 Å². The van der Waals surface area contributed by atoms with Crippen LogP contribution in [0.2, 0.25) is 0 Å². The van der Waals surface area contributed by atoms with Crippen LogP contribution in [0.3, 0.4) is 0 Å². The van der Waals surface area contributed by atoms with E-state index < -0.39 is 5.97 Å². The minimum absolute atomic E-state index is 0.260. The van der Waals surface area contributed by atoms with Crippen molar-refractivity contribution in [2.24, 2.45) is 0 Å². The number of benzene rings is 1. The second-order valence-electron chi connectivity index (χ2n) is 5.17. The molecule has 0 unspecified atom stereocenters. The third kappa shape index (κ3) is 8.66. The number of esters is 1. The van der Waals surface area contributed by atoms with Crippen LogP contribution in [0.4, 0.5) is 0 Å². The molecule has 5 nitrogen and oxygen atoms in total. The molecule has 0 saturated heterocycles. The molecule has 0 fully saturated rings. The molecule has 0 radical (unpaired) electrons. The highest BCUT2D eigenvalue weighted by molar-refractivity contribution is 5.87. The lowest BCUT2D eigenvalue weighted by Gasteiger charge is -2.06. The molecule has 23 heavy (non-hydrogen) atoms. The summed E-state index contributed by atoms with van der Waals surface area (Å²) in [6.07, 6.45) is 7.38. The molecule has 5 heteroatoms. The van der Waals surface area contributed by atoms with Crippen molar-refractivity contribution in [1.82, 2.24) is 0 Å². The largest absolute Gasteiger partial charge is 0.494 e. The van der Waals surface area contributed by atoms with E-state index in [1.54, 1.807) is 12.1 Å². The van der Waals surface area contributed by atoms with E-state index in [-0.39, 0.29) is 11.5 Å². The van der Waals surface area contributed by atoms with Crippen LogP contribution in [-0.2, 0) is 9.53 Å². The fraction of sp³-hybridized carbons (Fsp3) is 0.444. The van der Waals surface area contributed by atoms with Gasteiger partial charge in [0.15, 0.2) is 0 Å². The normalized spacial score (nSPS) is 10.1. The van der Waals surface area contributed by atoms with Crippen molar-refractivity contribution in [2.45, 2.75) is 38.5 Å². The monoisotopic (exact) mass is 320 g/mol. The summed E-state index contributed by atoms with van der Waals surface area (Å²) >= 11 is 0. The molecule has 1 rings (SSSR count). The van der Waals surface area contributed by atoms with Crippen molar-refractivity contribution >= 4 is 11.9 Å². The zero-order valence-electron chi connectivity index (χ0n) is 13.3. The minimum Gasteiger partial charge on any atom is -0.494 e. The molecule has 0 aliphatic carbocycles. The minimum atomic E-state index is -0.934. The Morgan fingerprint density at radius 3 is 2.09 bits per heavy atom. The van der Waals surface area contributed by atoms with Crippen LogP contribution < -0.4 is 4.74 Å². The van der Waals surface area contributed by atoms with Crippen LogP contribution in [0.1, 0.15) is 48.9 Å². The molecule has 0 aromatic heterocycles. The maximum atomic E-state index is 10.8. The number of carbonyl (C=O) groups excluding carboxylic acids is 1. The van der Waals surface area contributed by atoms with Gasteiger partial charge in [0.2, 0.25) is 0 Å². The maximum absolute atomic E-state index is 10.8. The predicted octanol–water partition coefficient (Wildman–Crippen LogP) is 3.83. The Morgan fingerprint density at radius 2 is 1.52 bits per heavy atom. The first-order chi connectivity index (χ1) is 11.1. The highest BCUT2D eigenvalue weighted by atomic mass is 16.5.